The first kappa shape index (κ1) is 15.7. The summed E-state index contributed by atoms with van der Waals surface area (Å²) in [5.74, 6) is -0.895. The summed E-state index contributed by atoms with van der Waals surface area (Å²) in [5, 5.41) is 10.3. The number of carboxylic acids is 1. The van der Waals surface area contributed by atoms with Gasteiger partial charge < -0.3 is 10.0 Å². The molecule has 0 heterocycles. The molecular weight excluding hydrogens is 309 g/mol. The van der Waals surface area contributed by atoms with Crippen LogP contribution in [0.25, 0.3) is 0 Å². The molecule has 0 aliphatic heterocycles. The van der Waals surface area contributed by atoms with Crippen LogP contribution in [0, 0.1) is 6.92 Å². The third-order valence-corrected chi connectivity index (χ3v) is 3.69. The molecule has 110 valence electrons. The van der Waals surface area contributed by atoms with Crippen LogP contribution in [0.3, 0.4) is 0 Å². The number of hydrogen-bond acceptors (Lipinski definition) is 2. The van der Waals surface area contributed by atoms with Crippen LogP contribution in [-0.4, -0.2) is 17.6 Å². The number of aliphatic carboxylic acids is 1. The van der Waals surface area contributed by atoms with Crippen molar-refractivity contribution in [2.75, 3.05) is 11.4 Å². The van der Waals surface area contributed by atoms with Crippen molar-refractivity contribution < 1.29 is 9.90 Å². The lowest BCUT2D eigenvalue weighted by atomic mass is 10.1. The molecular formula is C16H15Cl2NO2. The first-order valence-corrected chi connectivity index (χ1v) is 7.18. The highest BCUT2D eigenvalue weighted by atomic mass is 35.5. The normalized spacial score (nSPS) is 10.4. The van der Waals surface area contributed by atoms with Crippen LogP contribution in [0.5, 0.6) is 0 Å². The summed E-state index contributed by atoms with van der Waals surface area (Å²) >= 11 is 12.1. The molecule has 0 bridgehead atoms. The van der Waals surface area contributed by atoms with Gasteiger partial charge >= 0.3 is 5.97 Å². The Morgan fingerprint density at radius 1 is 1.14 bits per heavy atom. The summed E-state index contributed by atoms with van der Waals surface area (Å²) in [6.45, 7) is 2.28. The second-order valence-electron chi connectivity index (χ2n) is 4.82. The van der Waals surface area contributed by atoms with Crippen molar-refractivity contribution in [2.45, 2.75) is 13.5 Å². The molecule has 0 radical (unpaired) electrons. The fourth-order valence-electron chi connectivity index (χ4n) is 2.04. The lowest BCUT2D eigenvalue weighted by Gasteiger charge is -2.23. The van der Waals surface area contributed by atoms with E-state index in [9.17, 15) is 4.79 Å². The molecule has 2 aromatic rings. The topological polar surface area (TPSA) is 40.5 Å². The molecule has 5 heteroatoms. The molecule has 0 amide bonds. The summed E-state index contributed by atoms with van der Waals surface area (Å²) in [6.07, 6.45) is 0. The van der Waals surface area contributed by atoms with Gasteiger partial charge in [-0.05, 0) is 48.4 Å². The maximum Gasteiger partial charge on any atom is 0.323 e. The molecule has 0 saturated carbocycles. The lowest BCUT2D eigenvalue weighted by Crippen LogP contribution is -2.29. The molecule has 0 aliphatic carbocycles. The van der Waals surface area contributed by atoms with E-state index >= 15 is 0 Å². The van der Waals surface area contributed by atoms with Gasteiger partial charge in [-0.1, -0.05) is 35.3 Å². The monoisotopic (exact) mass is 323 g/mol. The van der Waals surface area contributed by atoms with Crippen molar-refractivity contribution in [2.24, 2.45) is 0 Å². The maximum atomic E-state index is 11.1. The van der Waals surface area contributed by atoms with Crippen LogP contribution in [0.2, 0.25) is 10.0 Å². The van der Waals surface area contributed by atoms with Crippen LogP contribution < -0.4 is 4.90 Å². The predicted octanol–water partition coefficient (Wildman–Crippen LogP) is 4.39. The van der Waals surface area contributed by atoms with Gasteiger partial charge in [0.1, 0.15) is 6.54 Å². The van der Waals surface area contributed by atoms with Crippen LogP contribution >= 0.6 is 23.2 Å². The van der Waals surface area contributed by atoms with Crippen LogP contribution in [0.4, 0.5) is 5.69 Å². The zero-order valence-corrected chi connectivity index (χ0v) is 13.0. The van der Waals surface area contributed by atoms with E-state index in [2.05, 4.69) is 0 Å². The number of rotatable bonds is 5. The average Bonchev–Trinajstić information content (AvgIpc) is 2.41. The Morgan fingerprint density at radius 3 is 2.38 bits per heavy atom. The Balaban J connectivity index is 2.27. The zero-order chi connectivity index (χ0) is 15.4. The Hall–Kier alpha value is -1.71. The van der Waals surface area contributed by atoms with E-state index < -0.39 is 5.97 Å². The summed E-state index contributed by atoms with van der Waals surface area (Å²) < 4.78 is 0. The minimum atomic E-state index is -0.895. The first-order chi connectivity index (χ1) is 9.95. The van der Waals surface area contributed by atoms with Gasteiger partial charge in [-0.25, -0.2) is 0 Å². The van der Waals surface area contributed by atoms with Gasteiger partial charge in [0.15, 0.2) is 0 Å². The van der Waals surface area contributed by atoms with Gasteiger partial charge in [0.2, 0.25) is 0 Å². The Morgan fingerprint density at radius 2 is 1.81 bits per heavy atom. The molecule has 0 saturated heterocycles. The van der Waals surface area contributed by atoms with Crippen LogP contribution in [0.15, 0.2) is 42.5 Å². The molecule has 2 aromatic carbocycles. The molecule has 21 heavy (non-hydrogen) atoms. The van der Waals surface area contributed by atoms with Crippen molar-refractivity contribution in [1.82, 2.24) is 0 Å². The minimum absolute atomic E-state index is 0.105. The van der Waals surface area contributed by atoms with Gasteiger partial charge in [0.05, 0.1) is 0 Å². The molecule has 1 N–H and O–H groups in total. The number of nitrogens with zero attached hydrogens (tertiary/aromatic N) is 1. The van der Waals surface area contributed by atoms with E-state index in [0.29, 0.717) is 16.6 Å². The third-order valence-electron chi connectivity index (χ3n) is 3.09. The Kier molecular flexibility index (Phi) is 5.10. The Labute approximate surface area is 133 Å². The lowest BCUT2D eigenvalue weighted by molar-refractivity contribution is -0.135. The van der Waals surface area contributed by atoms with E-state index in [1.807, 2.05) is 25.1 Å². The van der Waals surface area contributed by atoms with E-state index in [1.165, 1.54) is 0 Å². The highest BCUT2D eigenvalue weighted by molar-refractivity contribution is 6.31. The number of halogens is 2. The quantitative estimate of drug-likeness (QED) is 0.886. The molecule has 0 aliphatic rings. The molecule has 0 aromatic heterocycles. The summed E-state index contributed by atoms with van der Waals surface area (Å²) in [6, 6.07) is 12.8. The van der Waals surface area contributed by atoms with E-state index in [1.54, 1.807) is 29.2 Å². The van der Waals surface area contributed by atoms with Gasteiger partial charge in [0, 0.05) is 22.3 Å². The minimum Gasteiger partial charge on any atom is -0.480 e. The van der Waals surface area contributed by atoms with Crippen LogP contribution in [-0.2, 0) is 11.3 Å². The van der Waals surface area contributed by atoms with Crippen molar-refractivity contribution in [3.05, 3.63) is 63.6 Å². The fourth-order valence-corrected chi connectivity index (χ4v) is 2.46. The standard InChI is InChI=1S/C16H15Cl2NO2/c1-11-2-3-12(15(18)8-11)9-19(10-16(20)21)14-6-4-13(17)5-7-14/h2-8H,9-10H2,1H3,(H,20,21). The molecule has 0 atom stereocenters. The van der Waals surface area contributed by atoms with Crippen molar-refractivity contribution >= 4 is 34.9 Å². The predicted molar refractivity (Wildman–Crippen MR) is 86.3 cm³/mol. The average molecular weight is 324 g/mol. The summed E-state index contributed by atoms with van der Waals surface area (Å²) in [7, 11) is 0. The molecule has 0 fully saturated rings. The number of anilines is 1. The largest absolute Gasteiger partial charge is 0.480 e. The van der Waals surface area contributed by atoms with Crippen molar-refractivity contribution in [1.29, 1.82) is 0 Å². The number of benzene rings is 2. The summed E-state index contributed by atoms with van der Waals surface area (Å²) in [4.78, 5) is 12.8. The maximum absolute atomic E-state index is 11.1. The molecule has 0 spiro atoms. The highest BCUT2D eigenvalue weighted by Gasteiger charge is 2.13. The number of aryl methyl sites for hydroxylation is 1. The fraction of sp³-hybridized carbons (Fsp3) is 0.188. The first-order valence-electron chi connectivity index (χ1n) is 6.43. The second kappa shape index (κ2) is 6.83. The second-order valence-corrected chi connectivity index (χ2v) is 5.66. The third kappa shape index (κ3) is 4.38. The Bertz CT molecular complexity index is 641. The van der Waals surface area contributed by atoms with Crippen molar-refractivity contribution in [3.8, 4) is 0 Å². The molecule has 0 unspecified atom stereocenters. The number of carboxylic acid groups (broad SMARTS) is 1. The molecule has 2 rings (SSSR count). The van der Waals surface area contributed by atoms with Gasteiger partial charge in [-0.15, -0.1) is 0 Å². The van der Waals surface area contributed by atoms with E-state index in [4.69, 9.17) is 28.3 Å². The number of carbonyl (C=O) groups is 1. The SMILES string of the molecule is Cc1ccc(CN(CC(=O)O)c2ccc(Cl)cc2)c(Cl)c1. The van der Waals surface area contributed by atoms with Gasteiger partial charge in [-0.2, -0.15) is 0 Å². The van der Waals surface area contributed by atoms with Crippen LogP contribution in [0.1, 0.15) is 11.1 Å². The van der Waals surface area contributed by atoms with E-state index in [-0.39, 0.29) is 6.54 Å². The zero-order valence-electron chi connectivity index (χ0n) is 11.5. The van der Waals surface area contributed by atoms with E-state index in [0.717, 1.165) is 16.8 Å². The highest BCUT2D eigenvalue weighted by Crippen LogP contribution is 2.24. The summed E-state index contributed by atoms with van der Waals surface area (Å²) in [5.41, 5.74) is 2.75. The smallest absolute Gasteiger partial charge is 0.323 e. The molecule has 3 nitrogen and oxygen atoms in total. The number of hydrogen-bond donors (Lipinski definition) is 1. The van der Waals surface area contributed by atoms with Gasteiger partial charge in [-0.3, -0.25) is 4.79 Å². The van der Waals surface area contributed by atoms with Crippen molar-refractivity contribution in [3.63, 3.8) is 0 Å². The van der Waals surface area contributed by atoms with Gasteiger partial charge in [0.25, 0.3) is 0 Å².